The Morgan fingerprint density at radius 1 is 1.00 bits per heavy atom. The number of halogens is 2. The van der Waals surface area contributed by atoms with Crippen molar-refractivity contribution in [3.63, 3.8) is 0 Å². The minimum atomic E-state index is -0.142. The van der Waals surface area contributed by atoms with Crippen LogP contribution in [0.5, 0.6) is 0 Å². The highest BCUT2D eigenvalue weighted by Crippen LogP contribution is 2.41. The van der Waals surface area contributed by atoms with Crippen LogP contribution in [0, 0.1) is 5.82 Å². The molecule has 0 radical (unpaired) electrons. The normalized spacial score (nSPS) is 29.8. The quantitative estimate of drug-likeness (QED) is 0.773. The van der Waals surface area contributed by atoms with Gasteiger partial charge in [-0.1, -0.05) is 42.5 Å². The Morgan fingerprint density at radius 2 is 1.78 bits per heavy atom. The van der Waals surface area contributed by atoms with Gasteiger partial charge < -0.3 is 9.47 Å². The summed E-state index contributed by atoms with van der Waals surface area (Å²) in [5.74, 6) is 0.406. The predicted molar refractivity (Wildman–Crippen MR) is 105 cm³/mol. The minimum absolute atomic E-state index is 0. The average molecular weight is 390 g/mol. The second-order valence-electron chi connectivity index (χ2n) is 7.68. The maximum absolute atomic E-state index is 14.4. The largest absolute Gasteiger partial charge is 0.347 e. The average Bonchev–Trinajstić information content (AvgIpc) is 3.27. The lowest BCUT2D eigenvalue weighted by Crippen LogP contribution is -2.37. The van der Waals surface area contributed by atoms with Gasteiger partial charge in [0, 0.05) is 19.0 Å². The molecule has 4 atom stereocenters. The number of hydrogen-bond donors (Lipinski definition) is 0. The topological polar surface area (TPSA) is 21.7 Å². The molecule has 0 saturated carbocycles. The van der Waals surface area contributed by atoms with Crippen LogP contribution >= 0.6 is 12.4 Å². The van der Waals surface area contributed by atoms with Gasteiger partial charge in [0.15, 0.2) is 0 Å². The Labute approximate surface area is 165 Å². The Balaban J connectivity index is 0.00000180. The van der Waals surface area contributed by atoms with E-state index in [9.17, 15) is 4.39 Å². The van der Waals surface area contributed by atoms with Gasteiger partial charge in [-0.05, 0) is 47.9 Å². The van der Waals surface area contributed by atoms with Gasteiger partial charge in [0.1, 0.15) is 24.9 Å². The Kier molecular flexibility index (Phi) is 5.51. The third-order valence-electron chi connectivity index (χ3n) is 6.22. The van der Waals surface area contributed by atoms with E-state index in [1.165, 1.54) is 30.4 Å². The maximum atomic E-state index is 14.4. The van der Waals surface area contributed by atoms with Crippen molar-refractivity contribution in [2.45, 2.75) is 43.4 Å². The van der Waals surface area contributed by atoms with Crippen LogP contribution in [-0.2, 0) is 15.9 Å². The van der Waals surface area contributed by atoms with Gasteiger partial charge in [0.2, 0.25) is 0 Å². The van der Waals surface area contributed by atoms with Crippen molar-refractivity contribution < 1.29 is 13.9 Å². The summed E-state index contributed by atoms with van der Waals surface area (Å²) in [6, 6.07) is 15.9. The lowest BCUT2D eigenvalue weighted by molar-refractivity contribution is -0.0231. The molecule has 3 aliphatic rings. The Hall–Kier alpha value is -1.46. The molecule has 2 saturated heterocycles. The molecule has 2 aliphatic heterocycles. The molecule has 0 bridgehead atoms. The van der Waals surface area contributed by atoms with Gasteiger partial charge in [-0.3, -0.25) is 4.90 Å². The van der Waals surface area contributed by atoms with Gasteiger partial charge in [-0.2, -0.15) is 0 Å². The van der Waals surface area contributed by atoms with Gasteiger partial charge in [-0.15, -0.1) is 12.4 Å². The van der Waals surface area contributed by atoms with E-state index in [0.717, 1.165) is 18.7 Å². The van der Waals surface area contributed by atoms with Crippen LogP contribution in [0.15, 0.2) is 48.5 Å². The first-order chi connectivity index (χ1) is 12.8. The molecule has 27 heavy (non-hydrogen) atoms. The molecule has 0 aromatic heterocycles. The molecular weight excluding hydrogens is 365 g/mol. The third kappa shape index (κ3) is 3.40. The highest BCUT2D eigenvalue weighted by molar-refractivity contribution is 5.85. The molecule has 5 heteroatoms. The van der Waals surface area contributed by atoms with Gasteiger partial charge >= 0.3 is 0 Å². The molecule has 0 N–H and O–H groups in total. The third-order valence-corrected chi connectivity index (χ3v) is 6.22. The molecule has 2 aromatic carbocycles. The summed E-state index contributed by atoms with van der Waals surface area (Å²) in [5.41, 5.74) is 3.71. The van der Waals surface area contributed by atoms with Crippen LogP contribution < -0.4 is 0 Å². The predicted octanol–water partition coefficient (Wildman–Crippen LogP) is 4.47. The summed E-state index contributed by atoms with van der Waals surface area (Å²) >= 11 is 0. The molecule has 1 aliphatic carbocycles. The van der Waals surface area contributed by atoms with E-state index in [4.69, 9.17) is 9.47 Å². The molecule has 0 amide bonds. The molecule has 144 valence electrons. The summed E-state index contributed by atoms with van der Waals surface area (Å²) in [5, 5.41) is 0. The molecular formula is C22H25ClFNO2. The second kappa shape index (κ2) is 7.88. The number of ether oxygens (including phenoxy) is 2. The number of hydrogen-bond acceptors (Lipinski definition) is 3. The van der Waals surface area contributed by atoms with E-state index in [0.29, 0.717) is 12.7 Å². The Bertz CT molecular complexity index is 801. The van der Waals surface area contributed by atoms with Crippen molar-refractivity contribution in [3.05, 3.63) is 71.0 Å². The van der Waals surface area contributed by atoms with Crippen LogP contribution in [-0.4, -0.2) is 37.1 Å². The van der Waals surface area contributed by atoms with E-state index in [1.54, 1.807) is 12.1 Å². The van der Waals surface area contributed by atoms with Crippen LogP contribution in [0.25, 0.3) is 0 Å². The highest BCUT2D eigenvalue weighted by atomic mass is 35.5. The summed E-state index contributed by atoms with van der Waals surface area (Å²) in [6.07, 6.45) is 3.48. The van der Waals surface area contributed by atoms with Crippen molar-refractivity contribution >= 4 is 12.4 Å². The van der Waals surface area contributed by atoms with E-state index in [-0.39, 0.29) is 36.5 Å². The van der Waals surface area contributed by atoms with Gasteiger partial charge in [0.05, 0.1) is 0 Å². The minimum Gasteiger partial charge on any atom is -0.347 e. The molecule has 3 nitrogen and oxygen atoms in total. The lowest BCUT2D eigenvalue weighted by Gasteiger charge is -2.31. The van der Waals surface area contributed by atoms with Gasteiger partial charge in [-0.25, -0.2) is 4.39 Å². The number of fused-ring (bicyclic) bond motifs is 2. The lowest BCUT2D eigenvalue weighted by atomic mass is 9.82. The van der Waals surface area contributed by atoms with E-state index in [1.807, 2.05) is 12.1 Å². The van der Waals surface area contributed by atoms with Crippen LogP contribution in [0.3, 0.4) is 0 Å². The van der Waals surface area contributed by atoms with Crippen molar-refractivity contribution in [1.29, 1.82) is 0 Å². The number of likely N-dealkylation sites (tertiary alicyclic amines) is 1. The van der Waals surface area contributed by atoms with Crippen molar-refractivity contribution in [1.82, 2.24) is 4.90 Å². The van der Waals surface area contributed by atoms with Crippen molar-refractivity contribution in [2.24, 2.45) is 0 Å². The first-order valence-electron chi connectivity index (χ1n) is 9.61. The zero-order valence-electron chi connectivity index (χ0n) is 15.2. The standard InChI is InChI=1S/C22H24FNO2.ClH/c23-20-11-4-3-10-18(20)19-13-24(22-21(19)25-14-26-22)12-16-8-5-7-15-6-1-2-9-17(15)16;/h1-4,6,9-11,16,19,21-22H,5,7-8,12-14H2;1H. The summed E-state index contributed by atoms with van der Waals surface area (Å²) in [6.45, 7) is 2.04. The van der Waals surface area contributed by atoms with Crippen LogP contribution in [0.1, 0.15) is 41.4 Å². The van der Waals surface area contributed by atoms with Crippen LogP contribution in [0.2, 0.25) is 0 Å². The number of rotatable bonds is 3. The van der Waals surface area contributed by atoms with E-state index < -0.39 is 0 Å². The SMILES string of the molecule is Cl.Fc1ccccc1C1CN(CC2CCCc3ccccc32)C2OCOC12. The zero-order valence-corrected chi connectivity index (χ0v) is 16.0. The molecule has 4 unspecified atom stereocenters. The van der Waals surface area contributed by atoms with Crippen LogP contribution in [0.4, 0.5) is 4.39 Å². The first-order valence-corrected chi connectivity index (χ1v) is 9.61. The molecule has 5 rings (SSSR count). The maximum Gasteiger partial charge on any atom is 0.149 e. The summed E-state index contributed by atoms with van der Waals surface area (Å²) in [4.78, 5) is 2.38. The van der Waals surface area contributed by atoms with Crippen molar-refractivity contribution in [3.8, 4) is 0 Å². The second-order valence-corrected chi connectivity index (χ2v) is 7.68. The highest BCUT2D eigenvalue weighted by Gasteiger charge is 2.48. The van der Waals surface area contributed by atoms with E-state index in [2.05, 4.69) is 29.2 Å². The zero-order chi connectivity index (χ0) is 17.5. The molecule has 0 spiro atoms. The van der Waals surface area contributed by atoms with E-state index >= 15 is 0 Å². The monoisotopic (exact) mass is 389 g/mol. The van der Waals surface area contributed by atoms with Gasteiger partial charge in [0.25, 0.3) is 0 Å². The fraction of sp³-hybridized carbons (Fsp3) is 0.455. The summed E-state index contributed by atoms with van der Waals surface area (Å²) < 4.78 is 26.1. The molecule has 2 fully saturated rings. The first kappa shape index (κ1) is 18.9. The Morgan fingerprint density at radius 3 is 2.63 bits per heavy atom. The molecule has 2 aromatic rings. The molecule has 2 heterocycles. The number of benzene rings is 2. The summed E-state index contributed by atoms with van der Waals surface area (Å²) in [7, 11) is 0. The number of aryl methyl sites for hydroxylation is 1. The number of nitrogens with zero attached hydrogens (tertiary/aromatic N) is 1. The van der Waals surface area contributed by atoms with Crippen molar-refractivity contribution in [2.75, 3.05) is 19.9 Å². The fourth-order valence-corrected chi connectivity index (χ4v) is 5.01. The fourth-order valence-electron chi connectivity index (χ4n) is 5.01. The smallest absolute Gasteiger partial charge is 0.149 e.